The molecule has 0 saturated carbocycles. The maximum Gasteiger partial charge on any atom is 0.200 e. The van der Waals surface area contributed by atoms with Crippen LogP contribution in [0.4, 0.5) is 0 Å². The molecule has 1 unspecified atom stereocenters. The minimum absolute atomic E-state index is 0.565. The van der Waals surface area contributed by atoms with Crippen LogP contribution in [0.25, 0.3) is 0 Å². The van der Waals surface area contributed by atoms with Crippen LogP contribution in [0.2, 0.25) is 0 Å². The third kappa shape index (κ3) is 8.99. The van der Waals surface area contributed by atoms with E-state index in [1.165, 1.54) is 12.8 Å². The standard InChI is InChI=1S/C9H20BrO2P/c1-3-12-13(2,11)9-7-5-4-6-8-10/h3-9H2,1-2H3. The van der Waals surface area contributed by atoms with Crippen molar-refractivity contribution in [2.75, 3.05) is 24.8 Å². The fourth-order valence-electron chi connectivity index (χ4n) is 1.18. The molecule has 0 fully saturated rings. The SMILES string of the molecule is CCOP(C)(=O)CCCCCCBr. The summed E-state index contributed by atoms with van der Waals surface area (Å²) in [6.45, 7) is 4.19. The van der Waals surface area contributed by atoms with Gasteiger partial charge in [-0.25, -0.2) is 0 Å². The van der Waals surface area contributed by atoms with Crippen molar-refractivity contribution < 1.29 is 9.09 Å². The molecule has 0 amide bonds. The van der Waals surface area contributed by atoms with E-state index in [1.807, 2.05) is 6.92 Å². The predicted molar refractivity (Wildman–Crippen MR) is 62.3 cm³/mol. The van der Waals surface area contributed by atoms with Crippen LogP contribution in [-0.4, -0.2) is 24.8 Å². The molecule has 0 aliphatic rings. The first-order valence-corrected chi connectivity index (χ1v) is 8.27. The first-order chi connectivity index (χ1) is 6.12. The van der Waals surface area contributed by atoms with Crippen molar-refractivity contribution in [3.8, 4) is 0 Å². The van der Waals surface area contributed by atoms with E-state index in [1.54, 1.807) is 6.66 Å². The number of halogens is 1. The topological polar surface area (TPSA) is 26.3 Å². The highest BCUT2D eigenvalue weighted by Crippen LogP contribution is 2.43. The maximum atomic E-state index is 11.6. The van der Waals surface area contributed by atoms with Gasteiger partial charge < -0.3 is 4.52 Å². The molecule has 80 valence electrons. The van der Waals surface area contributed by atoms with Crippen LogP contribution in [0, 0.1) is 0 Å². The molecular formula is C9H20BrO2P. The van der Waals surface area contributed by atoms with Crippen molar-refractivity contribution in [1.29, 1.82) is 0 Å². The van der Waals surface area contributed by atoms with Gasteiger partial charge in [0, 0.05) is 18.2 Å². The largest absolute Gasteiger partial charge is 0.329 e. The average Bonchev–Trinajstić information content (AvgIpc) is 2.04. The van der Waals surface area contributed by atoms with Crippen LogP contribution in [-0.2, 0) is 9.09 Å². The van der Waals surface area contributed by atoms with Crippen LogP contribution in [0.15, 0.2) is 0 Å². The molecular weight excluding hydrogens is 251 g/mol. The molecule has 4 heteroatoms. The molecule has 0 N–H and O–H groups in total. The molecule has 0 aromatic heterocycles. The summed E-state index contributed by atoms with van der Waals surface area (Å²) in [5.74, 6) is 0. The monoisotopic (exact) mass is 270 g/mol. The van der Waals surface area contributed by atoms with E-state index < -0.39 is 7.37 Å². The summed E-state index contributed by atoms with van der Waals surface area (Å²) >= 11 is 3.39. The van der Waals surface area contributed by atoms with Gasteiger partial charge in [-0.05, 0) is 19.8 Å². The van der Waals surface area contributed by atoms with Crippen molar-refractivity contribution in [3.05, 3.63) is 0 Å². The molecule has 0 heterocycles. The van der Waals surface area contributed by atoms with E-state index in [2.05, 4.69) is 15.9 Å². The minimum atomic E-state index is -2.25. The van der Waals surface area contributed by atoms with Gasteiger partial charge in [0.25, 0.3) is 0 Å². The zero-order valence-corrected chi connectivity index (χ0v) is 11.1. The van der Waals surface area contributed by atoms with Crippen LogP contribution in [0.1, 0.15) is 32.6 Å². The molecule has 0 spiro atoms. The second kappa shape index (κ2) is 8.02. The molecule has 0 radical (unpaired) electrons. The molecule has 0 aliphatic carbocycles. The van der Waals surface area contributed by atoms with E-state index in [9.17, 15) is 4.57 Å². The van der Waals surface area contributed by atoms with Crippen molar-refractivity contribution in [1.82, 2.24) is 0 Å². The van der Waals surface area contributed by atoms with E-state index in [-0.39, 0.29) is 0 Å². The van der Waals surface area contributed by atoms with Gasteiger partial charge in [-0.15, -0.1) is 0 Å². The van der Waals surface area contributed by atoms with Gasteiger partial charge in [-0.3, -0.25) is 4.57 Å². The fraction of sp³-hybridized carbons (Fsp3) is 1.00. The van der Waals surface area contributed by atoms with Gasteiger partial charge >= 0.3 is 0 Å². The lowest BCUT2D eigenvalue weighted by molar-refractivity contribution is 0.336. The molecule has 2 nitrogen and oxygen atoms in total. The van der Waals surface area contributed by atoms with Crippen molar-refractivity contribution in [2.45, 2.75) is 32.6 Å². The third-order valence-corrected chi connectivity index (χ3v) is 4.34. The van der Waals surface area contributed by atoms with E-state index in [0.717, 1.165) is 24.3 Å². The Bertz CT molecular complexity index is 162. The Kier molecular flexibility index (Phi) is 8.43. The zero-order chi connectivity index (χ0) is 10.2. The van der Waals surface area contributed by atoms with Gasteiger partial charge in [0.1, 0.15) is 0 Å². The Morgan fingerprint density at radius 2 is 1.85 bits per heavy atom. The Morgan fingerprint density at radius 1 is 1.23 bits per heavy atom. The minimum Gasteiger partial charge on any atom is -0.329 e. The average molecular weight is 271 g/mol. The van der Waals surface area contributed by atoms with Gasteiger partial charge in [-0.1, -0.05) is 28.8 Å². The van der Waals surface area contributed by atoms with Gasteiger partial charge in [0.15, 0.2) is 7.37 Å². The van der Waals surface area contributed by atoms with Crippen LogP contribution in [0.5, 0.6) is 0 Å². The smallest absolute Gasteiger partial charge is 0.200 e. The van der Waals surface area contributed by atoms with Crippen molar-refractivity contribution in [2.24, 2.45) is 0 Å². The Balaban J connectivity index is 3.35. The van der Waals surface area contributed by atoms with Crippen LogP contribution < -0.4 is 0 Å². The van der Waals surface area contributed by atoms with Crippen LogP contribution in [0.3, 0.4) is 0 Å². The summed E-state index contributed by atoms with van der Waals surface area (Å²) in [5, 5.41) is 1.07. The molecule has 0 bridgehead atoms. The predicted octanol–water partition coefficient (Wildman–Crippen LogP) is 3.89. The number of alkyl halides is 1. The van der Waals surface area contributed by atoms with Crippen molar-refractivity contribution >= 4 is 23.3 Å². The highest BCUT2D eigenvalue weighted by molar-refractivity contribution is 9.09. The Labute approximate surface area is 90.0 Å². The highest BCUT2D eigenvalue weighted by atomic mass is 79.9. The summed E-state index contributed by atoms with van der Waals surface area (Å²) < 4.78 is 16.8. The maximum absolute atomic E-state index is 11.6. The van der Waals surface area contributed by atoms with Crippen molar-refractivity contribution in [3.63, 3.8) is 0 Å². The van der Waals surface area contributed by atoms with Gasteiger partial charge in [-0.2, -0.15) is 0 Å². The molecule has 0 saturated heterocycles. The second-order valence-corrected chi connectivity index (χ2v) is 6.79. The van der Waals surface area contributed by atoms with Gasteiger partial charge in [0.05, 0.1) is 6.61 Å². The first-order valence-electron chi connectivity index (χ1n) is 4.89. The Morgan fingerprint density at radius 3 is 2.38 bits per heavy atom. The van der Waals surface area contributed by atoms with Gasteiger partial charge in [0.2, 0.25) is 0 Å². The number of hydrogen-bond acceptors (Lipinski definition) is 2. The molecule has 0 rings (SSSR count). The lowest BCUT2D eigenvalue weighted by Crippen LogP contribution is -1.94. The molecule has 13 heavy (non-hydrogen) atoms. The summed E-state index contributed by atoms with van der Waals surface area (Å²) in [4.78, 5) is 0. The molecule has 0 aliphatic heterocycles. The quantitative estimate of drug-likeness (QED) is 0.380. The number of hydrogen-bond donors (Lipinski definition) is 0. The van der Waals surface area contributed by atoms with E-state index >= 15 is 0 Å². The van der Waals surface area contributed by atoms with Crippen LogP contribution >= 0.6 is 23.3 Å². The molecule has 0 aromatic rings. The molecule has 0 aromatic carbocycles. The fourth-order valence-corrected chi connectivity index (χ4v) is 3.05. The normalized spacial score (nSPS) is 15.6. The van der Waals surface area contributed by atoms with E-state index in [0.29, 0.717) is 6.61 Å². The Hall–Kier alpha value is 0.670. The lowest BCUT2D eigenvalue weighted by Gasteiger charge is -2.11. The first kappa shape index (κ1) is 13.7. The third-order valence-electron chi connectivity index (χ3n) is 1.85. The zero-order valence-electron chi connectivity index (χ0n) is 8.59. The molecule has 1 atom stereocenters. The number of unbranched alkanes of at least 4 members (excludes halogenated alkanes) is 3. The second-order valence-electron chi connectivity index (χ2n) is 3.26. The lowest BCUT2D eigenvalue weighted by atomic mass is 10.2. The summed E-state index contributed by atoms with van der Waals surface area (Å²) in [5.41, 5.74) is 0. The highest BCUT2D eigenvalue weighted by Gasteiger charge is 2.13. The summed E-state index contributed by atoms with van der Waals surface area (Å²) in [7, 11) is -2.25. The summed E-state index contributed by atoms with van der Waals surface area (Å²) in [6, 6.07) is 0. The summed E-state index contributed by atoms with van der Waals surface area (Å²) in [6.07, 6.45) is 5.36. The van der Waals surface area contributed by atoms with E-state index in [4.69, 9.17) is 4.52 Å². The number of rotatable bonds is 8.